The molecule has 5 N–H and O–H groups in total. The van der Waals surface area contributed by atoms with Crippen LogP contribution in [0.3, 0.4) is 0 Å². The summed E-state index contributed by atoms with van der Waals surface area (Å²) in [6.07, 6.45) is 0.281. The maximum atomic E-state index is 10.5. The highest BCUT2D eigenvalue weighted by atomic mass is 16.4. The molecule has 0 unspecified atom stereocenters. The molecule has 0 spiro atoms. The average molecular weight is 196 g/mol. The standard InChI is InChI=1S/C8H12N4O2/c9-5(8(13)14)1-6-4-2-10-3-7(4)12-11-6/h5,10H,1-3,9H2,(H,11,12)(H,13,14)/t5-/m0/s1. The van der Waals surface area contributed by atoms with Gasteiger partial charge in [0.1, 0.15) is 6.04 Å². The summed E-state index contributed by atoms with van der Waals surface area (Å²) in [5.41, 5.74) is 8.30. The molecule has 0 fully saturated rings. The number of nitrogens with zero attached hydrogens (tertiary/aromatic N) is 1. The molecule has 76 valence electrons. The van der Waals surface area contributed by atoms with Crippen LogP contribution in [-0.2, 0) is 24.3 Å². The molecule has 1 aromatic rings. The van der Waals surface area contributed by atoms with Gasteiger partial charge in [0, 0.05) is 25.1 Å². The topological polar surface area (TPSA) is 104 Å². The normalized spacial score (nSPS) is 16.6. The van der Waals surface area contributed by atoms with E-state index in [1.54, 1.807) is 0 Å². The number of fused-ring (bicyclic) bond motifs is 1. The number of aromatic amines is 1. The molecule has 0 bridgehead atoms. The summed E-state index contributed by atoms with van der Waals surface area (Å²) in [5.74, 6) is -0.993. The third-order valence-electron chi connectivity index (χ3n) is 2.37. The molecule has 1 aliphatic heterocycles. The molecule has 0 amide bonds. The summed E-state index contributed by atoms with van der Waals surface area (Å²) in [6, 6.07) is -0.872. The first kappa shape index (κ1) is 9.17. The third-order valence-corrected chi connectivity index (χ3v) is 2.37. The smallest absolute Gasteiger partial charge is 0.320 e. The molecule has 2 rings (SSSR count). The summed E-state index contributed by atoms with van der Waals surface area (Å²) in [5, 5.41) is 18.7. The molecule has 6 heteroatoms. The maximum absolute atomic E-state index is 10.5. The Morgan fingerprint density at radius 2 is 2.43 bits per heavy atom. The van der Waals surface area contributed by atoms with Gasteiger partial charge in [-0.15, -0.1) is 0 Å². The Hall–Kier alpha value is -1.40. The van der Waals surface area contributed by atoms with Crippen molar-refractivity contribution in [1.82, 2.24) is 15.5 Å². The van der Waals surface area contributed by atoms with Gasteiger partial charge in [-0.3, -0.25) is 9.89 Å². The molecule has 0 saturated carbocycles. The fourth-order valence-electron chi connectivity index (χ4n) is 1.58. The number of rotatable bonds is 3. The minimum atomic E-state index is -0.993. The highest BCUT2D eigenvalue weighted by molar-refractivity contribution is 5.73. The molecule has 0 saturated heterocycles. The monoisotopic (exact) mass is 196 g/mol. The van der Waals surface area contributed by atoms with Crippen molar-refractivity contribution < 1.29 is 9.90 Å². The SMILES string of the molecule is N[C@@H](Cc1n[nH]c2c1CNC2)C(=O)O. The van der Waals surface area contributed by atoms with E-state index in [2.05, 4.69) is 15.5 Å². The van der Waals surface area contributed by atoms with Crippen LogP contribution in [0.2, 0.25) is 0 Å². The first-order chi connectivity index (χ1) is 6.68. The van der Waals surface area contributed by atoms with Crippen LogP contribution in [0.1, 0.15) is 17.0 Å². The molecule has 0 aliphatic carbocycles. The van der Waals surface area contributed by atoms with Gasteiger partial charge in [0.05, 0.1) is 11.4 Å². The van der Waals surface area contributed by atoms with E-state index in [9.17, 15) is 4.79 Å². The molecular formula is C8H12N4O2. The predicted molar refractivity (Wildman–Crippen MR) is 48.4 cm³/mol. The zero-order valence-corrected chi connectivity index (χ0v) is 7.58. The largest absolute Gasteiger partial charge is 0.480 e. The number of carboxylic acids is 1. The van der Waals surface area contributed by atoms with Gasteiger partial charge in [0.2, 0.25) is 0 Å². The summed E-state index contributed by atoms with van der Waals surface area (Å²) >= 11 is 0. The van der Waals surface area contributed by atoms with Crippen LogP contribution in [0, 0.1) is 0 Å². The molecule has 6 nitrogen and oxygen atoms in total. The van der Waals surface area contributed by atoms with Crippen LogP contribution in [-0.4, -0.2) is 27.3 Å². The van der Waals surface area contributed by atoms with E-state index in [-0.39, 0.29) is 6.42 Å². The lowest BCUT2D eigenvalue weighted by Gasteiger charge is -2.04. The maximum Gasteiger partial charge on any atom is 0.320 e. The van der Waals surface area contributed by atoms with Gasteiger partial charge in [-0.2, -0.15) is 5.10 Å². The predicted octanol–water partition coefficient (Wildman–Crippen LogP) is -1.03. The summed E-state index contributed by atoms with van der Waals surface area (Å²) in [7, 11) is 0. The fraction of sp³-hybridized carbons (Fsp3) is 0.500. The first-order valence-corrected chi connectivity index (χ1v) is 4.42. The highest BCUT2D eigenvalue weighted by Crippen LogP contribution is 2.17. The van der Waals surface area contributed by atoms with Crippen molar-refractivity contribution in [3.8, 4) is 0 Å². The Morgan fingerprint density at radius 1 is 1.64 bits per heavy atom. The molecule has 1 atom stereocenters. The second-order valence-corrected chi connectivity index (χ2v) is 3.38. The van der Waals surface area contributed by atoms with E-state index in [0.29, 0.717) is 0 Å². The van der Waals surface area contributed by atoms with E-state index in [1.807, 2.05) is 0 Å². The number of aromatic nitrogens is 2. The molecule has 0 aromatic carbocycles. The van der Waals surface area contributed by atoms with E-state index < -0.39 is 12.0 Å². The zero-order chi connectivity index (χ0) is 10.1. The van der Waals surface area contributed by atoms with Gasteiger partial charge < -0.3 is 16.2 Å². The first-order valence-electron chi connectivity index (χ1n) is 4.42. The Bertz CT molecular complexity index is 360. The van der Waals surface area contributed by atoms with E-state index in [0.717, 1.165) is 30.0 Å². The van der Waals surface area contributed by atoms with Crippen molar-refractivity contribution in [3.05, 3.63) is 17.0 Å². The second kappa shape index (κ2) is 3.39. The van der Waals surface area contributed by atoms with E-state index in [1.165, 1.54) is 0 Å². The lowest BCUT2D eigenvalue weighted by Crippen LogP contribution is -2.32. The van der Waals surface area contributed by atoms with Crippen molar-refractivity contribution in [1.29, 1.82) is 0 Å². The molecule has 14 heavy (non-hydrogen) atoms. The fourth-order valence-corrected chi connectivity index (χ4v) is 1.58. The summed E-state index contributed by atoms with van der Waals surface area (Å²) in [6.45, 7) is 1.51. The zero-order valence-electron chi connectivity index (χ0n) is 7.58. The number of hydrogen-bond donors (Lipinski definition) is 4. The van der Waals surface area contributed by atoms with Gasteiger partial charge in [-0.05, 0) is 0 Å². The lowest BCUT2D eigenvalue weighted by atomic mass is 10.1. The number of nitrogens with one attached hydrogen (secondary N) is 2. The number of H-pyrrole nitrogens is 1. The van der Waals surface area contributed by atoms with Crippen LogP contribution < -0.4 is 11.1 Å². The van der Waals surface area contributed by atoms with Crippen molar-refractivity contribution in [3.63, 3.8) is 0 Å². The molecule has 1 aromatic heterocycles. The summed E-state index contributed by atoms with van der Waals surface area (Å²) < 4.78 is 0. The van der Waals surface area contributed by atoms with Crippen molar-refractivity contribution >= 4 is 5.97 Å². The minimum Gasteiger partial charge on any atom is -0.480 e. The van der Waals surface area contributed by atoms with Crippen LogP contribution in [0.15, 0.2) is 0 Å². The summed E-state index contributed by atoms with van der Waals surface area (Å²) in [4.78, 5) is 10.5. The molecule has 2 heterocycles. The second-order valence-electron chi connectivity index (χ2n) is 3.38. The minimum absolute atomic E-state index is 0.281. The lowest BCUT2D eigenvalue weighted by molar-refractivity contribution is -0.138. The van der Waals surface area contributed by atoms with Crippen molar-refractivity contribution in [2.45, 2.75) is 25.6 Å². The van der Waals surface area contributed by atoms with Crippen LogP contribution in [0.25, 0.3) is 0 Å². The Morgan fingerprint density at radius 3 is 3.14 bits per heavy atom. The van der Waals surface area contributed by atoms with Gasteiger partial charge in [-0.25, -0.2) is 0 Å². The van der Waals surface area contributed by atoms with E-state index in [4.69, 9.17) is 10.8 Å². The van der Waals surface area contributed by atoms with Crippen molar-refractivity contribution in [2.75, 3.05) is 0 Å². The van der Waals surface area contributed by atoms with E-state index >= 15 is 0 Å². The Balaban J connectivity index is 2.14. The number of carboxylic acid groups (broad SMARTS) is 1. The number of aliphatic carboxylic acids is 1. The Kier molecular flexibility index (Phi) is 2.22. The molecule has 0 radical (unpaired) electrons. The van der Waals surface area contributed by atoms with Gasteiger partial charge in [0.25, 0.3) is 0 Å². The molecule has 1 aliphatic rings. The highest BCUT2D eigenvalue weighted by Gasteiger charge is 2.21. The third kappa shape index (κ3) is 1.49. The average Bonchev–Trinajstić information content (AvgIpc) is 2.69. The van der Waals surface area contributed by atoms with Crippen LogP contribution in [0.5, 0.6) is 0 Å². The van der Waals surface area contributed by atoms with Crippen LogP contribution in [0.4, 0.5) is 0 Å². The quantitative estimate of drug-likeness (QED) is 0.494. The van der Waals surface area contributed by atoms with Gasteiger partial charge in [0.15, 0.2) is 0 Å². The number of nitrogens with two attached hydrogens (primary N) is 1. The molecular weight excluding hydrogens is 184 g/mol. The van der Waals surface area contributed by atoms with Crippen LogP contribution >= 0.6 is 0 Å². The Labute approximate surface area is 80.5 Å². The van der Waals surface area contributed by atoms with Gasteiger partial charge in [-0.1, -0.05) is 0 Å². The number of hydrogen-bond acceptors (Lipinski definition) is 4. The van der Waals surface area contributed by atoms with Gasteiger partial charge >= 0.3 is 5.97 Å². The number of carbonyl (C=O) groups is 1. The van der Waals surface area contributed by atoms with Crippen molar-refractivity contribution in [2.24, 2.45) is 5.73 Å².